The fourth-order valence-electron chi connectivity index (χ4n) is 1.24. The summed E-state index contributed by atoms with van der Waals surface area (Å²) in [5.41, 5.74) is 0.175. The van der Waals surface area contributed by atoms with Crippen LogP contribution in [-0.4, -0.2) is 54.2 Å². The Morgan fingerprint density at radius 2 is 1.64 bits per heavy atom. The second-order valence-electron chi connectivity index (χ2n) is 3.72. The predicted octanol–water partition coefficient (Wildman–Crippen LogP) is -0.828. The largest absolute Gasteiger partial charge is 0.434 e. The minimum absolute atomic E-state index is 0.175. The molecule has 0 heterocycles. The Bertz CT molecular complexity index is 499. The molecule has 0 spiro atoms. The predicted molar refractivity (Wildman–Crippen MR) is 68.0 cm³/mol. The average molecular weight is 314 g/mol. The van der Waals surface area contributed by atoms with Gasteiger partial charge in [-0.05, 0) is 0 Å². The van der Waals surface area contributed by atoms with Crippen molar-refractivity contribution in [2.45, 2.75) is 6.29 Å². The van der Waals surface area contributed by atoms with E-state index in [2.05, 4.69) is 19.2 Å². The van der Waals surface area contributed by atoms with Crippen LogP contribution in [0.25, 0.3) is 0 Å². The number of benzene rings is 1. The summed E-state index contributed by atoms with van der Waals surface area (Å²) in [5.74, 6) is -2.82. The van der Waals surface area contributed by atoms with Gasteiger partial charge in [0, 0.05) is 5.56 Å². The van der Waals surface area contributed by atoms with Gasteiger partial charge in [0.05, 0.1) is 0 Å². The second kappa shape index (κ2) is 9.58. The molecule has 0 radical (unpaired) electrons. The minimum atomic E-state index is -1.78. The zero-order valence-corrected chi connectivity index (χ0v) is 11.3. The van der Waals surface area contributed by atoms with Crippen molar-refractivity contribution in [1.29, 1.82) is 0 Å². The lowest BCUT2D eigenvalue weighted by molar-refractivity contribution is -0.379. The Kier molecular flexibility index (Phi) is 7.72. The number of aliphatic hydroxyl groups is 2. The highest BCUT2D eigenvalue weighted by Crippen LogP contribution is 2.08. The number of carbonyl (C=O) groups excluding carboxylic acids is 3. The lowest BCUT2D eigenvalue weighted by Gasteiger charge is -2.15. The van der Waals surface area contributed by atoms with E-state index in [9.17, 15) is 14.4 Å². The van der Waals surface area contributed by atoms with E-state index in [1.54, 1.807) is 18.2 Å². The van der Waals surface area contributed by atoms with Gasteiger partial charge in [0.25, 0.3) is 6.29 Å². The Labute approximate surface area is 124 Å². The quantitative estimate of drug-likeness (QED) is 0.150. The van der Waals surface area contributed by atoms with Crippen LogP contribution in [-0.2, 0) is 28.8 Å². The average Bonchev–Trinajstić information content (AvgIpc) is 2.57. The summed E-state index contributed by atoms with van der Waals surface area (Å²) in [4.78, 5) is 42.8. The zero-order valence-electron chi connectivity index (χ0n) is 11.3. The third kappa shape index (κ3) is 5.97. The SMILES string of the molecule is O=C(CO)OCOOC(OC(=O)CO)C(=O)c1ccccc1. The zero-order chi connectivity index (χ0) is 16.4. The molecule has 9 heteroatoms. The van der Waals surface area contributed by atoms with Crippen LogP contribution in [0.5, 0.6) is 0 Å². The molecule has 0 fully saturated rings. The normalized spacial score (nSPS) is 11.5. The van der Waals surface area contributed by atoms with Crippen molar-refractivity contribution in [3.8, 4) is 0 Å². The van der Waals surface area contributed by atoms with E-state index in [1.807, 2.05) is 0 Å². The maximum absolute atomic E-state index is 12.1. The number of esters is 2. The number of aliphatic hydroxyl groups excluding tert-OH is 2. The van der Waals surface area contributed by atoms with Gasteiger partial charge in [-0.1, -0.05) is 30.3 Å². The first-order chi connectivity index (χ1) is 10.6. The molecule has 0 aliphatic rings. The maximum atomic E-state index is 12.1. The summed E-state index contributed by atoms with van der Waals surface area (Å²) in [6.07, 6.45) is -1.78. The van der Waals surface area contributed by atoms with Crippen LogP contribution in [0, 0.1) is 0 Å². The number of ether oxygens (including phenoxy) is 2. The fraction of sp³-hybridized carbons (Fsp3) is 0.308. The second-order valence-corrected chi connectivity index (χ2v) is 3.72. The summed E-state index contributed by atoms with van der Waals surface area (Å²) in [6.45, 7) is -2.54. The Morgan fingerprint density at radius 3 is 2.23 bits per heavy atom. The van der Waals surface area contributed by atoms with E-state index >= 15 is 0 Å². The minimum Gasteiger partial charge on any atom is -0.434 e. The molecule has 1 aromatic rings. The molecule has 22 heavy (non-hydrogen) atoms. The summed E-state index contributed by atoms with van der Waals surface area (Å²) in [6, 6.07) is 7.76. The monoisotopic (exact) mass is 314 g/mol. The van der Waals surface area contributed by atoms with Gasteiger partial charge in [-0.15, -0.1) is 0 Å². The van der Waals surface area contributed by atoms with Crippen molar-refractivity contribution in [3.63, 3.8) is 0 Å². The van der Waals surface area contributed by atoms with Crippen LogP contribution in [0.15, 0.2) is 30.3 Å². The summed E-state index contributed by atoms with van der Waals surface area (Å²) < 4.78 is 8.89. The van der Waals surface area contributed by atoms with E-state index < -0.39 is 44.0 Å². The third-order valence-corrected chi connectivity index (χ3v) is 2.19. The van der Waals surface area contributed by atoms with E-state index in [-0.39, 0.29) is 5.56 Å². The van der Waals surface area contributed by atoms with Gasteiger partial charge in [-0.2, -0.15) is 9.78 Å². The molecule has 120 valence electrons. The number of Topliss-reactive ketones (excluding diaryl/α,β-unsaturated/α-hetero) is 1. The van der Waals surface area contributed by atoms with Crippen molar-refractivity contribution in [2.24, 2.45) is 0 Å². The van der Waals surface area contributed by atoms with Gasteiger partial charge in [-0.3, -0.25) is 4.79 Å². The lowest BCUT2D eigenvalue weighted by atomic mass is 10.1. The standard InChI is InChI=1S/C13H14O9/c14-6-10(16)19-8-20-22-13(21-11(17)7-15)12(18)9-4-2-1-3-5-9/h1-5,13-15H,6-8H2. The van der Waals surface area contributed by atoms with Crippen LogP contribution in [0.3, 0.4) is 0 Å². The smallest absolute Gasteiger partial charge is 0.334 e. The third-order valence-electron chi connectivity index (χ3n) is 2.19. The Balaban J connectivity index is 2.61. The number of carbonyl (C=O) groups is 3. The first-order valence-corrected chi connectivity index (χ1v) is 6.02. The van der Waals surface area contributed by atoms with Crippen LogP contribution >= 0.6 is 0 Å². The van der Waals surface area contributed by atoms with Gasteiger partial charge >= 0.3 is 11.9 Å². The lowest BCUT2D eigenvalue weighted by Crippen LogP contribution is -2.32. The van der Waals surface area contributed by atoms with Crippen molar-refractivity contribution in [3.05, 3.63) is 35.9 Å². The Morgan fingerprint density at radius 1 is 1.00 bits per heavy atom. The molecule has 1 aromatic carbocycles. The molecule has 0 aromatic heterocycles. The van der Waals surface area contributed by atoms with Gasteiger partial charge in [0.1, 0.15) is 13.2 Å². The molecular weight excluding hydrogens is 300 g/mol. The fourth-order valence-corrected chi connectivity index (χ4v) is 1.24. The van der Waals surface area contributed by atoms with E-state index in [0.717, 1.165) is 0 Å². The number of hydrogen-bond donors (Lipinski definition) is 2. The van der Waals surface area contributed by atoms with E-state index in [4.69, 9.17) is 10.2 Å². The van der Waals surface area contributed by atoms with Gasteiger partial charge < -0.3 is 19.7 Å². The molecule has 0 aliphatic heterocycles. The van der Waals surface area contributed by atoms with E-state index in [1.165, 1.54) is 12.1 Å². The van der Waals surface area contributed by atoms with Crippen molar-refractivity contribution >= 4 is 17.7 Å². The topological polar surface area (TPSA) is 129 Å². The van der Waals surface area contributed by atoms with Crippen LogP contribution < -0.4 is 0 Å². The van der Waals surface area contributed by atoms with Gasteiger partial charge in [0.15, 0.2) is 0 Å². The first-order valence-electron chi connectivity index (χ1n) is 6.02. The molecule has 1 atom stereocenters. The molecule has 9 nitrogen and oxygen atoms in total. The van der Waals surface area contributed by atoms with Crippen LogP contribution in [0.1, 0.15) is 10.4 Å². The molecule has 0 saturated heterocycles. The molecule has 0 bridgehead atoms. The van der Waals surface area contributed by atoms with Crippen LogP contribution in [0.2, 0.25) is 0 Å². The first kappa shape index (κ1) is 17.7. The molecule has 0 amide bonds. The molecule has 0 saturated carbocycles. The molecule has 1 rings (SSSR count). The molecule has 2 N–H and O–H groups in total. The number of ketones is 1. The highest BCUT2D eigenvalue weighted by Gasteiger charge is 2.26. The molecule has 1 unspecified atom stereocenters. The van der Waals surface area contributed by atoms with Gasteiger partial charge in [0.2, 0.25) is 12.6 Å². The van der Waals surface area contributed by atoms with Gasteiger partial charge in [-0.25, -0.2) is 9.59 Å². The highest BCUT2D eigenvalue weighted by atomic mass is 17.2. The van der Waals surface area contributed by atoms with Crippen molar-refractivity contribution in [1.82, 2.24) is 0 Å². The van der Waals surface area contributed by atoms with Crippen molar-refractivity contribution in [2.75, 3.05) is 20.0 Å². The van der Waals surface area contributed by atoms with Crippen LogP contribution in [0.4, 0.5) is 0 Å². The Hall–Kier alpha value is -2.33. The summed E-state index contributed by atoms with van der Waals surface area (Å²) in [7, 11) is 0. The molecular formula is C13H14O9. The van der Waals surface area contributed by atoms with E-state index in [0.29, 0.717) is 0 Å². The number of hydrogen-bond acceptors (Lipinski definition) is 9. The summed E-state index contributed by atoms with van der Waals surface area (Å²) in [5, 5.41) is 17.0. The van der Waals surface area contributed by atoms with Crippen molar-refractivity contribution < 1.29 is 43.8 Å². The highest BCUT2D eigenvalue weighted by molar-refractivity contribution is 5.99. The number of rotatable bonds is 9. The summed E-state index contributed by atoms with van der Waals surface area (Å²) >= 11 is 0. The maximum Gasteiger partial charge on any atom is 0.334 e. The molecule has 0 aliphatic carbocycles.